The van der Waals surface area contributed by atoms with Crippen LogP contribution < -0.4 is 5.32 Å². The highest BCUT2D eigenvalue weighted by molar-refractivity contribution is 7.18. The van der Waals surface area contributed by atoms with E-state index in [9.17, 15) is 0 Å². The predicted octanol–water partition coefficient (Wildman–Crippen LogP) is 3.80. The zero-order valence-corrected chi connectivity index (χ0v) is 14.3. The van der Waals surface area contributed by atoms with E-state index in [1.807, 2.05) is 0 Å². The van der Waals surface area contributed by atoms with Gasteiger partial charge in [-0.1, -0.05) is 6.92 Å². The molecule has 2 aromatic rings. The van der Waals surface area contributed by atoms with Crippen LogP contribution in [0.25, 0.3) is 10.2 Å². The van der Waals surface area contributed by atoms with Crippen molar-refractivity contribution in [2.45, 2.75) is 45.2 Å². The summed E-state index contributed by atoms with van der Waals surface area (Å²) in [4.78, 5) is 13.5. The first-order valence-corrected chi connectivity index (χ1v) is 8.69. The van der Waals surface area contributed by atoms with E-state index in [0.29, 0.717) is 17.4 Å². The Bertz CT molecular complexity index is 642. The Balaban J connectivity index is 1.87. The van der Waals surface area contributed by atoms with Crippen LogP contribution in [0.3, 0.4) is 0 Å². The molecule has 2 aromatic heterocycles. The molecule has 0 bridgehead atoms. The number of thiophene rings is 1. The SMILES string of the molecule is CCc1cc2c(NC3CCN(C)C(C)C3)nc(Cl)nc2s1. The van der Waals surface area contributed by atoms with Gasteiger partial charge in [-0.3, -0.25) is 0 Å². The summed E-state index contributed by atoms with van der Waals surface area (Å²) in [6, 6.07) is 3.24. The highest BCUT2D eigenvalue weighted by Crippen LogP contribution is 2.31. The lowest BCUT2D eigenvalue weighted by Crippen LogP contribution is -2.42. The number of fused-ring (bicyclic) bond motifs is 1. The zero-order chi connectivity index (χ0) is 15.0. The molecule has 1 aliphatic heterocycles. The first-order chi connectivity index (χ1) is 10.1. The van der Waals surface area contributed by atoms with Crippen molar-refractivity contribution < 1.29 is 0 Å². The molecule has 2 atom stereocenters. The van der Waals surface area contributed by atoms with Crippen LogP contribution in [0, 0.1) is 0 Å². The molecular weight excluding hydrogens is 304 g/mol. The Morgan fingerprint density at radius 1 is 1.48 bits per heavy atom. The highest BCUT2D eigenvalue weighted by atomic mass is 35.5. The second-order valence-electron chi connectivity index (χ2n) is 5.82. The quantitative estimate of drug-likeness (QED) is 0.872. The summed E-state index contributed by atoms with van der Waals surface area (Å²) >= 11 is 7.79. The van der Waals surface area contributed by atoms with Crippen molar-refractivity contribution in [1.82, 2.24) is 14.9 Å². The molecule has 21 heavy (non-hydrogen) atoms. The summed E-state index contributed by atoms with van der Waals surface area (Å²) in [6.07, 6.45) is 3.28. The lowest BCUT2D eigenvalue weighted by atomic mass is 9.99. The Kier molecular flexibility index (Phi) is 4.33. The van der Waals surface area contributed by atoms with E-state index in [0.717, 1.165) is 41.8 Å². The fraction of sp³-hybridized carbons (Fsp3) is 0.600. The van der Waals surface area contributed by atoms with Crippen LogP contribution in [0.1, 0.15) is 31.6 Å². The molecular formula is C15H21ClN4S. The lowest BCUT2D eigenvalue weighted by Gasteiger charge is -2.35. The molecule has 0 saturated carbocycles. The molecule has 1 N–H and O–H groups in total. The van der Waals surface area contributed by atoms with Gasteiger partial charge in [0.05, 0.1) is 5.39 Å². The topological polar surface area (TPSA) is 41.0 Å². The van der Waals surface area contributed by atoms with Crippen molar-refractivity contribution in [2.24, 2.45) is 0 Å². The largest absolute Gasteiger partial charge is 0.367 e. The van der Waals surface area contributed by atoms with Gasteiger partial charge >= 0.3 is 0 Å². The number of hydrogen-bond donors (Lipinski definition) is 1. The molecule has 1 fully saturated rings. The standard InChI is InChI=1S/C15H21ClN4S/c1-4-11-8-12-13(18-15(16)19-14(12)21-11)17-10-5-6-20(3)9(2)7-10/h8-10H,4-7H2,1-3H3,(H,17,18,19). The third kappa shape index (κ3) is 3.15. The van der Waals surface area contributed by atoms with E-state index in [2.05, 4.69) is 47.1 Å². The van der Waals surface area contributed by atoms with Gasteiger partial charge in [0.1, 0.15) is 10.6 Å². The van der Waals surface area contributed by atoms with Crippen LogP contribution in [0.15, 0.2) is 6.07 Å². The first kappa shape index (κ1) is 15.0. The van der Waals surface area contributed by atoms with Gasteiger partial charge in [-0.25, -0.2) is 9.97 Å². The Labute approximate surface area is 134 Å². The number of aromatic nitrogens is 2. The lowest BCUT2D eigenvalue weighted by molar-refractivity contribution is 0.190. The molecule has 0 aliphatic carbocycles. The van der Waals surface area contributed by atoms with Gasteiger partial charge < -0.3 is 10.2 Å². The number of aryl methyl sites for hydroxylation is 1. The second-order valence-corrected chi connectivity index (χ2v) is 7.27. The monoisotopic (exact) mass is 324 g/mol. The maximum atomic E-state index is 6.08. The Morgan fingerprint density at radius 3 is 3.00 bits per heavy atom. The van der Waals surface area contributed by atoms with Crippen LogP contribution in [-0.2, 0) is 6.42 Å². The van der Waals surface area contributed by atoms with Gasteiger partial charge in [-0.2, -0.15) is 0 Å². The van der Waals surface area contributed by atoms with Crippen LogP contribution >= 0.6 is 22.9 Å². The van der Waals surface area contributed by atoms with Gasteiger partial charge in [0.15, 0.2) is 0 Å². The molecule has 3 heterocycles. The molecule has 6 heteroatoms. The molecule has 3 rings (SSSR count). The number of rotatable bonds is 3. The normalized spacial score (nSPS) is 23.6. The average molecular weight is 325 g/mol. The van der Waals surface area contributed by atoms with Crippen molar-refractivity contribution in [2.75, 3.05) is 18.9 Å². The van der Waals surface area contributed by atoms with Gasteiger partial charge in [0.2, 0.25) is 5.28 Å². The predicted molar refractivity (Wildman–Crippen MR) is 90.5 cm³/mol. The molecule has 2 unspecified atom stereocenters. The number of nitrogens with zero attached hydrogens (tertiary/aromatic N) is 3. The van der Waals surface area contributed by atoms with Crippen LogP contribution in [0.4, 0.5) is 5.82 Å². The molecule has 0 spiro atoms. The number of likely N-dealkylation sites (tertiary alicyclic amines) is 1. The summed E-state index contributed by atoms with van der Waals surface area (Å²) in [5.41, 5.74) is 0. The molecule has 0 radical (unpaired) electrons. The van der Waals surface area contributed by atoms with E-state index < -0.39 is 0 Å². The molecule has 1 aliphatic rings. The number of hydrogen-bond acceptors (Lipinski definition) is 5. The summed E-state index contributed by atoms with van der Waals surface area (Å²) < 4.78 is 0. The minimum atomic E-state index is 0.329. The van der Waals surface area contributed by atoms with Gasteiger partial charge in [-0.05, 0) is 50.9 Å². The highest BCUT2D eigenvalue weighted by Gasteiger charge is 2.23. The Hall–Kier alpha value is -0.910. The first-order valence-electron chi connectivity index (χ1n) is 7.49. The smallest absolute Gasteiger partial charge is 0.225 e. The maximum absolute atomic E-state index is 6.08. The summed E-state index contributed by atoms with van der Waals surface area (Å²) in [6.45, 7) is 5.55. The van der Waals surface area contributed by atoms with Crippen molar-refractivity contribution >= 4 is 39.0 Å². The van der Waals surface area contributed by atoms with Gasteiger partial charge in [-0.15, -0.1) is 11.3 Å². The van der Waals surface area contributed by atoms with E-state index in [1.165, 1.54) is 4.88 Å². The second kappa shape index (κ2) is 6.07. The molecule has 1 saturated heterocycles. The molecule has 4 nitrogen and oxygen atoms in total. The molecule has 0 aromatic carbocycles. The van der Waals surface area contributed by atoms with E-state index >= 15 is 0 Å². The number of nitrogens with one attached hydrogen (secondary N) is 1. The minimum Gasteiger partial charge on any atom is -0.367 e. The van der Waals surface area contributed by atoms with Crippen LogP contribution in [0.2, 0.25) is 5.28 Å². The van der Waals surface area contributed by atoms with E-state index in [-0.39, 0.29) is 0 Å². The minimum absolute atomic E-state index is 0.329. The maximum Gasteiger partial charge on any atom is 0.225 e. The fourth-order valence-electron chi connectivity index (χ4n) is 2.84. The summed E-state index contributed by atoms with van der Waals surface area (Å²) in [5, 5.41) is 5.03. The van der Waals surface area contributed by atoms with Crippen LogP contribution in [-0.4, -0.2) is 40.5 Å². The van der Waals surface area contributed by atoms with Crippen LogP contribution in [0.5, 0.6) is 0 Å². The third-order valence-electron chi connectivity index (χ3n) is 4.31. The van der Waals surface area contributed by atoms with Gasteiger partial charge in [0.25, 0.3) is 0 Å². The molecule has 0 amide bonds. The summed E-state index contributed by atoms with van der Waals surface area (Å²) in [5.74, 6) is 0.891. The van der Waals surface area contributed by atoms with Crippen molar-refractivity contribution in [3.8, 4) is 0 Å². The van der Waals surface area contributed by atoms with Crippen molar-refractivity contribution in [3.05, 3.63) is 16.2 Å². The summed E-state index contributed by atoms with van der Waals surface area (Å²) in [7, 11) is 2.19. The van der Waals surface area contributed by atoms with Crippen molar-refractivity contribution in [3.63, 3.8) is 0 Å². The zero-order valence-electron chi connectivity index (χ0n) is 12.7. The fourth-order valence-corrected chi connectivity index (χ4v) is 4.03. The number of piperidine rings is 1. The number of halogens is 1. The average Bonchev–Trinajstić information content (AvgIpc) is 2.86. The third-order valence-corrected chi connectivity index (χ3v) is 5.66. The number of anilines is 1. The van der Waals surface area contributed by atoms with Crippen molar-refractivity contribution in [1.29, 1.82) is 0 Å². The Morgan fingerprint density at radius 2 is 2.29 bits per heavy atom. The molecule has 114 valence electrons. The van der Waals surface area contributed by atoms with E-state index in [1.54, 1.807) is 11.3 Å². The van der Waals surface area contributed by atoms with Gasteiger partial charge in [0, 0.05) is 23.5 Å². The van der Waals surface area contributed by atoms with E-state index in [4.69, 9.17) is 11.6 Å².